The van der Waals surface area contributed by atoms with E-state index in [1.807, 2.05) is 24.3 Å². The van der Waals surface area contributed by atoms with Crippen LogP contribution in [0.4, 0.5) is 0 Å². The van der Waals surface area contributed by atoms with Crippen molar-refractivity contribution in [2.24, 2.45) is 10.9 Å². The third kappa shape index (κ3) is 4.81. The molecule has 2 N–H and O–H groups in total. The van der Waals surface area contributed by atoms with Crippen molar-refractivity contribution in [2.75, 3.05) is 13.2 Å². The Balaban J connectivity index is 2.00. The lowest BCUT2D eigenvalue weighted by Crippen LogP contribution is -2.39. The summed E-state index contributed by atoms with van der Waals surface area (Å²) in [4.78, 5) is 4.66. The van der Waals surface area contributed by atoms with Crippen LogP contribution in [0.15, 0.2) is 41.9 Å². The molecule has 0 radical (unpaired) electrons. The van der Waals surface area contributed by atoms with Crippen LogP contribution in [0.3, 0.4) is 0 Å². The van der Waals surface area contributed by atoms with Crippen LogP contribution < -0.4 is 15.4 Å². The summed E-state index contributed by atoms with van der Waals surface area (Å²) in [5, 5.41) is 6.75. The van der Waals surface area contributed by atoms with Gasteiger partial charge in [0.05, 0.1) is 6.54 Å². The van der Waals surface area contributed by atoms with Gasteiger partial charge in [0.15, 0.2) is 5.96 Å². The maximum absolute atomic E-state index is 5.66. The van der Waals surface area contributed by atoms with Gasteiger partial charge in [-0.2, -0.15) is 0 Å². The second-order valence-corrected chi connectivity index (χ2v) is 5.37. The molecule has 0 amide bonds. The molecule has 0 aliphatic heterocycles. The van der Waals surface area contributed by atoms with Crippen molar-refractivity contribution < 1.29 is 4.74 Å². The van der Waals surface area contributed by atoms with Gasteiger partial charge in [-0.15, -0.1) is 0 Å². The number of aliphatic imine (C=N–C) groups is 1. The van der Waals surface area contributed by atoms with Crippen LogP contribution >= 0.6 is 0 Å². The number of benzene rings is 1. The Morgan fingerprint density at radius 1 is 1.48 bits per heavy atom. The molecule has 1 aromatic rings. The summed E-state index contributed by atoms with van der Waals surface area (Å²) in [5.74, 6) is 2.50. The van der Waals surface area contributed by atoms with Gasteiger partial charge < -0.3 is 15.4 Å². The second-order valence-electron chi connectivity index (χ2n) is 5.37. The summed E-state index contributed by atoms with van der Waals surface area (Å²) in [6.45, 7) is 9.98. The van der Waals surface area contributed by atoms with Crippen LogP contribution in [0.1, 0.15) is 25.8 Å². The van der Waals surface area contributed by atoms with E-state index in [0.29, 0.717) is 19.2 Å². The number of hydrogen-bond donors (Lipinski definition) is 2. The highest BCUT2D eigenvalue weighted by molar-refractivity contribution is 5.80. The molecule has 4 nitrogen and oxygen atoms in total. The lowest BCUT2D eigenvalue weighted by molar-refractivity contribution is 0.359. The van der Waals surface area contributed by atoms with Gasteiger partial charge in [-0.05, 0) is 25.3 Å². The lowest BCUT2D eigenvalue weighted by atomic mass is 10.2. The highest BCUT2D eigenvalue weighted by Crippen LogP contribution is 2.28. The fourth-order valence-corrected chi connectivity index (χ4v) is 2.11. The smallest absolute Gasteiger partial charge is 0.191 e. The fraction of sp³-hybridized carbons (Fsp3) is 0.471. The molecule has 2 rings (SSSR count). The number of nitrogens with one attached hydrogen (secondary N) is 2. The van der Waals surface area contributed by atoms with Crippen molar-refractivity contribution in [2.45, 2.75) is 32.9 Å². The summed E-state index contributed by atoms with van der Waals surface area (Å²) >= 11 is 0. The number of hydrogen-bond acceptors (Lipinski definition) is 2. The first-order valence-corrected chi connectivity index (χ1v) is 7.61. The molecule has 2 atom stereocenters. The monoisotopic (exact) mass is 287 g/mol. The zero-order valence-corrected chi connectivity index (χ0v) is 12.9. The molecule has 2 unspecified atom stereocenters. The predicted molar refractivity (Wildman–Crippen MR) is 87.7 cm³/mol. The first-order chi connectivity index (χ1) is 10.2. The number of guanidine groups is 1. The van der Waals surface area contributed by atoms with Crippen LogP contribution in [-0.2, 0) is 6.54 Å². The topological polar surface area (TPSA) is 45.6 Å². The molecule has 1 aromatic carbocycles. The quantitative estimate of drug-likeness (QED) is 0.460. The van der Waals surface area contributed by atoms with Crippen LogP contribution in [0.2, 0.25) is 0 Å². The number of rotatable bonds is 7. The number of para-hydroxylation sites is 1. The Morgan fingerprint density at radius 3 is 2.90 bits per heavy atom. The molecule has 1 fully saturated rings. The van der Waals surface area contributed by atoms with E-state index >= 15 is 0 Å². The summed E-state index contributed by atoms with van der Waals surface area (Å²) in [7, 11) is 0. The van der Waals surface area contributed by atoms with Crippen molar-refractivity contribution >= 4 is 5.96 Å². The molecule has 0 bridgehead atoms. The summed E-state index contributed by atoms with van der Waals surface area (Å²) in [6, 6.07) is 8.56. The molecular formula is C17H25N3O. The van der Waals surface area contributed by atoms with Crippen LogP contribution in [0.25, 0.3) is 0 Å². The van der Waals surface area contributed by atoms with E-state index in [1.54, 1.807) is 6.08 Å². The molecule has 0 aromatic heterocycles. The molecule has 1 saturated carbocycles. The Hall–Kier alpha value is -1.97. The molecule has 1 aliphatic rings. The standard InChI is InChI=1S/C17H25N3O/c1-4-10-21-16-9-7-6-8-14(16)12-19-17(18-5-2)20-15-11-13(15)3/h4,6-9,13,15H,1,5,10-12H2,2-3H3,(H2,18,19,20). The first kappa shape index (κ1) is 15.4. The SMILES string of the molecule is C=CCOc1ccccc1CN=C(NCC)NC1CC1C. The van der Waals surface area contributed by atoms with E-state index in [2.05, 4.69) is 36.1 Å². The van der Waals surface area contributed by atoms with Crippen LogP contribution in [0.5, 0.6) is 5.75 Å². The third-order valence-corrected chi connectivity index (χ3v) is 3.51. The second kappa shape index (κ2) is 7.72. The van der Waals surface area contributed by atoms with Crippen molar-refractivity contribution in [3.8, 4) is 5.75 Å². The largest absolute Gasteiger partial charge is 0.489 e. The minimum Gasteiger partial charge on any atom is -0.489 e. The zero-order chi connectivity index (χ0) is 15.1. The molecule has 1 aliphatic carbocycles. The van der Waals surface area contributed by atoms with E-state index in [-0.39, 0.29) is 0 Å². The maximum Gasteiger partial charge on any atom is 0.191 e. The van der Waals surface area contributed by atoms with Crippen molar-refractivity contribution in [3.63, 3.8) is 0 Å². The van der Waals surface area contributed by atoms with Crippen LogP contribution in [0, 0.1) is 5.92 Å². The van der Waals surface area contributed by atoms with E-state index in [0.717, 1.165) is 29.7 Å². The minimum atomic E-state index is 0.513. The highest BCUT2D eigenvalue weighted by Gasteiger charge is 2.33. The van der Waals surface area contributed by atoms with E-state index in [1.165, 1.54) is 6.42 Å². The van der Waals surface area contributed by atoms with Crippen molar-refractivity contribution in [1.82, 2.24) is 10.6 Å². The van der Waals surface area contributed by atoms with Gasteiger partial charge in [0.2, 0.25) is 0 Å². The summed E-state index contributed by atoms with van der Waals surface area (Å²) < 4.78 is 5.66. The van der Waals surface area contributed by atoms with Gasteiger partial charge in [0, 0.05) is 18.2 Å². The summed E-state index contributed by atoms with van der Waals surface area (Å²) in [6.07, 6.45) is 2.98. The first-order valence-electron chi connectivity index (χ1n) is 7.61. The average Bonchev–Trinajstić information content (AvgIpc) is 3.19. The van der Waals surface area contributed by atoms with Crippen molar-refractivity contribution in [3.05, 3.63) is 42.5 Å². The van der Waals surface area contributed by atoms with Gasteiger partial charge in [0.1, 0.15) is 12.4 Å². The molecular weight excluding hydrogens is 262 g/mol. The van der Waals surface area contributed by atoms with Gasteiger partial charge >= 0.3 is 0 Å². The van der Waals surface area contributed by atoms with Crippen LogP contribution in [-0.4, -0.2) is 25.2 Å². The van der Waals surface area contributed by atoms with Gasteiger partial charge in [0.25, 0.3) is 0 Å². The minimum absolute atomic E-state index is 0.513. The predicted octanol–water partition coefficient (Wildman–Crippen LogP) is 2.71. The number of ether oxygens (including phenoxy) is 1. The highest BCUT2D eigenvalue weighted by atomic mass is 16.5. The maximum atomic E-state index is 5.66. The molecule has 0 heterocycles. The van der Waals surface area contributed by atoms with Gasteiger partial charge in [-0.3, -0.25) is 0 Å². The molecule has 0 spiro atoms. The molecule has 114 valence electrons. The Bertz CT molecular complexity index is 499. The fourth-order valence-electron chi connectivity index (χ4n) is 2.11. The molecule has 21 heavy (non-hydrogen) atoms. The van der Waals surface area contributed by atoms with E-state index < -0.39 is 0 Å². The van der Waals surface area contributed by atoms with Crippen molar-refractivity contribution in [1.29, 1.82) is 0 Å². The third-order valence-electron chi connectivity index (χ3n) is 3.51. The lowest BCUT2D eigenvalue weighted by Gasteiger charge is -2.12. The molecule has 0 saturated heterocycles. The van der Waals surface area contributed by atoms with Gasteiger partial charge in [-0.25, -0.2) is 4.99 Å². The Morgan fingerprint density at radius 2 is 2.24 bits per heavy atom. The number of nitrogens with zero attached hydrogens (tertiary/aromatic N) is 1. The Labute approximate surface area is 127 Å². The van der Waals surface area contributed by atoms with E-state index in [4.69, 9.17) is 4.74 Å². The van der Waals surface area contributed by atoms with E-state index in [9.17, 15) is 0 Å². The summed E-state index contributed by atoms with van der Waals surface area (Å²) in [5.41, 5.74) is 1.08. The zero-order valence-electron chi connectivity index (χ0n) is 12.9. The molecule has 4 heteroatoms. The average molecular weight is 287 g/mol. The van der Waals surface area contributed by atoms with Gasteiger partial charge in [-0.1, -0.05) is 37.8 Å². The Kier molecular flexibility index (Phi) is 5.67. The normalized spacial score (nSPS) is 20.8.